The number of nitrogens with zero attached hydrogens (tertiary/aromatic N) is 1. The molecule has 0 aromatic heterocycles. The summed E-state index contributed by atoms with van der Waals surface area (Å²) < 4.78 is 0. The van der Waals surface area contributed by atoms with Crippen molar-refractivity contribution in [2.24, 2.45) is 5.92 Å². The van der Waals surface area contributed by atoms with E-state index in [4.69, 9.17) is 0 Å². The maximum atomic E-state index is 3.82. The van der Waals surface area contributed by atoms with Crippen molar-refractivity contribution < 1.29 is 0 Å². The largest absolute Gasteiger partial charge is 0.308 e. The molecule has 0 bridgehead atoms. The minimum absolute atomic E-state index is 0.307. The van der Waals surface area contributed by atoms with Crippen LogP contribution >= 0.6 is 0 Å². The molecule has 18 heavy (non-hydrogen) atoms. The number of piperazine rings is 1. The Labute approximate surface area is 115 Å². The zero-order chi connectivity index (χ0) is 13.8. The highest BCUT2D eigenvalue weighted by Crippen LogP contribution is 2.32. The van der Waals surface area contributed by atoms with Gasteiger partial charge in [0.2, 0.25) is 0 Å². The topological polar surface area (TPSA) is 15.3 Å². The predicted octanol–water partition coefficient (Wildman–Crippen LogP) is 3.67. The van der Waals surface area contributed by atoms with Gasteiger partial charge in [0.25, 0.3) is 0 Å². The van der Waals surface area contributed by atoms with Gasteiger partial charge in [-0.3, -0.25) is 4.90 Å². The summed E-state index contributed by atoms with van der Waals surface area (Å²) in [6.07, 6.45) is 5.02. The lowest BCUT2D eigenvalue weighted by atomic mass is 9.82. The van der Waals surface area contributed by atoms with Gasteiger partial charge in [-0.05, 0) is 32.1 Å². The van der Waals surface area contributed by atoms with Crippen LogP contribution in [0.1, 0.15) is 67.2 Å². The van der Waals surface area contributed by atoms with Crippen LogP contribution in [0.4, 0.5) is 0 Å². The summed E-state index contributed by atoms with van der Waals surface area (Å²) >= 11 is 0. The average molecular weight is 254 g/mol. The highest BCUT2D eigenvalue weighted by molar-refractivity contribution is 5.02. The molecule has 0 spiro atoms. The zero-order valence-electron chi connectivity index (χ0n) is 13.5. The summed E-state index contributed by atoms with van der Waals surface area (Å²) in [7, 11) is 0. The zero-order valence-corrected chi connectivity index (χ0v) is 13.5. The smallest absolute Gasteiger partial charge is 0.0329 e. The van der Waals surface area contributed by atoms with Crippen molar-refractivity contribution in [3.8, 4) is 0 Å². The molecule has 1 rings (SSSR count). The predicted molar refractivity (Wildman–Crippen MR) is 81.0 cm³/mol. The van der Waals surface area contributed by atoms with Crippen molar-refractivity contribution in [2.45, 2.75) is 78.3 Å². The standard InChI is InChI=1S/C16H34N2/c1-7-14(5)11-18-13-15(6,8-2)17-12-16(18,9-3)10-4/h14,17H,7-13H2,1-6H3. The molecular formula is C16H34N2. The summed E-state index contributed by atoms with van der Waals surface area (Å²) in [4.78, 5) is 2.79. The molecule has 0 aromatic rings. The van der Waals surface area contributed by atoms with Crippen molar-refractivity contribution in [1.29, 1.82) is 0 Å². The third-order valence-corrected chi connectivity index (χ3v) is 5.38. The van der Waals surface area contributed by atoms with Gasteiger partial charge < -0.3 is 5.32 Å². The Bertz CT molecular complexity index is 247. The highest BCUT2D eigenvalue weighted by Gasteiger charge is 2.42. The van der Waals surface area contributed by atoms with Crippen LogP contribution in [-0.2, 0) is 0 Å². The number of nitrogens with one attached hydrogen (secondary N) is 1. The summed E-state index contributed by atoms with van der Waals surface area (Å²) in [5, 5.41) is 3.82. The fourth-order valence-corrected chi connectivity index (χ4v) is 3.08. The van der Waals surface area contributed by atoms with Gasteiger partial charge in [-0.15, -0.1) is 0 Å². The van der Waals surface area contributed by atoms with Crippen LogP contribution in [-0.4, -0.2) is 35.6 Å². The Morgan fingerprint density at radius 3 is 2.17 bits per heavy atom. The van der Waals surface area contributed by atoms with Gasteiger partial charge >= 0.3 is 0 Å². The summed E-state index contributed by atoms with van der Waals surface area (Å²) in [5.41, 5.74) is 0.694. The molecule has 2 unspecified atom stereocenters. The maximum Gasteiger partial charge on any atom is 0.0329 e. The lowest BCUT2D eigenvalue weighted by Crippen LogP contribution is -2.69. The van der Waals surface area contributed by atoms with Crippen LogP contribution in [0.2, 0.25) is 0 Å². The lowest BCUT2D eigenvalue weighted by Gasteiger charge is -2.54. The molecule has 1 fully saturated rings. The Hall–Kier alpha value is -0.0800. The van der Waals surface area contributed by atoms with Gasteiger partial charge in [0.15, 0.2) is 0 Å². The van der Waals surface area contributed by atoms with E-state index < -0.39 is 0 Å². The van der Waals surface area contributed by atoms with Crippen molar-refractivity contribution in [1.82, 2.24) is 10.2 Å². The molecule has 1 saturated heterocycles. The Kier molecular flexibility index (Phi) is 5.67. The first-order valence-corrected chi connectivity index (χ1v) is 7.95. The van der Waals surface area contributed by atoms with E-state index >= 15 is 0 Å². The molecule has 0 amide bonds. The van der Waals surface area contributed by atoms with E-state index in [-0.39, 0.29) is 0 Å². The van der Waals surface area contributed by atoms with E-state index in [0.717, 1.165) is 12.5 Å². The molecule has 2 nitrogen and oxygen atoms in total. The molecular weight excluding hydrogens is 220 g/mol. The van der Waals surface area contributed by atoms with Crippen molar-refractivity contribution in [3.63, 3.8) is 0 Å². The molecule has 0 saturated carbocycles. The van der Waals surface area contributed by atoms with Crippen molar-refractivity contribution in [3.05, 3.63) is 0 Å². The summed E-state index contributed by atoms with van der Waals surface area (Å²) in [6.45, 7) is 17.7. The fraction of sp³-hybridized carbons (Fsp3) is 1.00. The van der Waals surface area contributed by atoms with Crippen LogP contribution in [0.15, 0.2) is 0 Å². The second-order valence-corrected chi connectivity index (χ2v) is 6.59. The van der Waals surface area contributed by atoms with E-state index in [1.165, 1.54) is 38.8 Å². The third-order valence-electron chi connectivity index (χ3n) is 5.38. The van der Waals surface area contributed by atoms with E-state index in [1.807, 2.05) is 0 Å². The van der Waals surface area contributed by atoms with Crippen LogP contribution in [0.25, 0.3) is 0 Å². The van der Waals surface area contributed by atoms with Gasteiger partial charge in [0, 0.05) is 30.7 Å². The van der Waals surface area contributed by atoms with E-state index in [9.17, 15) is 0 Å². The van der Waals surface area contributed by atoms with Gasteiger partial charge in [0.05, 0.1) is 0 Å². The molecule has 1 N–H and O–H groups in total. The molecule has 0 aromatic carbocycles. The molecule has 1 heterocycles. The van der Waals surface area contributed by atoms with E-state index in [2.05, 4.69) is 51.8 Å². The minimum Gasteiger partial charge on any atom is -0.308 e. The van der Waals surface area contributed by atoms with Gasteiger partial charge in [-0.25, -0.2) is 0 Å². The molecule has 2 heteroatoms. The lowest BCUT2D eigenvalue weighted by molar-refractivity contribution is -0.00712. The first-order chi connectivity index (χ1) is 8.45. The normalized spacial score (nSPS) is 30.3. The molecule has 0 aliphatic carbocycles. The van der Waals surface area contributed by atoms with Crippen molar-refractivity contribution in [2.75, 3.05) is 19.6 Å². The van der Waals surface area contributed by atoms with Crippen LogP contribution < -0.4 is 5.32 Å². The Morgan fingerprint density at radius 1 is 1.11 bits per heavy atom. The van der Waals surface area contributed by atoms with E-state index in [0.29, 0.717) is 11.1 Å². The molecule has 1 aliphatic rings. The molecule has 0 radical (unpaired) electrons. The maximum absolute atomic E-state index is 3.82. The highest BCUT2D eigenvalue weighted by atomic mass is 15.3. The molecule has 108 valence electrons. The quantitative estimate of drug-likeness (QED) is 0.778. The third kappa shape index (κ3) is 3.27. The molecule has 2 atom stereocenters. The second kappa shape index (κ2) is 6.38. The monoisotopic (exact) mass is 254 g/mol. The Balaban J connectivity index is 2.85. The second-order valence-electron chi connectivity index (χ2n) is 6.59. The van der Waals surface area contributed by atoms with E-state index in [1.54, 1.807) is 0 Å². The fourth-order valence-electron chi connectivity index (χ4n) is 3.08. The van der Waals surface area contributed by atoms with Gasteiger partial charge in [-0.1, -0.05) is 41.0 Å². The van der Waals surface area contributed by atoms with Crippen LogP contribution in [0.5, 0.6) is 0 Å². The minimum atomic E-state index is 0.307. The number of hydrogen-bond donors (Lipinski definition) is 1. The van der Waals surface area contributed by atoms with Crippen molar-refractivity contribution >= 4 is 0 Å². The van der Waals surface area contributed by atoms with Gasteiger partial charge in [0.1, 0.15) is 0 Å². The van der Waals surface area contributed by atoms with Crippen LogP contribution in [0.3, 0.4) is 0 Å². The summed E-state index contributed by atoms with van der Waals surface area (Å²) in [6, 6.07) is 0. The first kappa shape index (κ1) is 16.0. The molecule has 1 aliphatic heterocycles. The first-order valence-electron chi connectivity index (χ1n) is 7.95. The average Bonchev–Trinajstić information content (AvgIpc) is 2.40. The summed E-state index contributed by atoms with van der Waals surface area (Å²) in [5.74, 6) is 0.807. The number of hydrogen-bond acceptors (Lipinski definition) is 2. The Morgan fingerprint density at radius 2 is 1.72 bits per heavy atom. The SMILES string of the molecule is CCC(C)CN1CC(C)(CC)NCC1(CC)CC. The number of rotatable bonds is 6. The van der Waals surface area contributed by atoms with Crippen LogP contribution in [0, 0.1) is 5.92 Å². The van der Waals surface area contributed by atoms with Gasteiger partial charge in [-0.2, -0.15) is 0 Å².